The number of carbonyl (C=O) groups excluding carboxylic acids is 2. The summed E-state index contributed by atoms with van der Waals surface area (Å²) in [5, 5.41) is 2.95. The lowest BCUT2D eigenvalue weighted by atomic mass is 10.3. The largest absolute Gasteiger partial charge is 0.462 e. The molecule has 0 aliphatic rings. The van der Waals surface area contributed by atoms with E-state index in [0.29, 0.717) is 10.0 Å². The molecule has 0 aliphatic heterocycles. The minimum atomic E-state index is -0.630. The number of hydrogen-bond acceptors (Lipinski definition) is 8. The van der Waals surface area contributed by atoms with Crippen LogP contribution in [0.4, 0.5) is 0 Å². The summed E-state index contributed by atoms with van der Waals surface area (Å²) in [6.45, 7) is 3.83. The molecule has 0 aliphatic carbocycles. The standard InChI is InChI=1S/C12H12N2O4S2/c1-3-17-11(15)7-8(12(16)18-4-2)20-10(14-7)9-13-5-6-19-9/h5-6H,3-4H2,1-2H3. The molecule has 2 heterocycles. The van der Waals surface area contributed by atoms with Gasteiger partial charge in [-0.15, -0.1) is 22.7 Å². The highest BCUT2D eigenvalue weighted by molar-refractivity contribution is 7.21. The van der Waals surface area contributed by atoms with Crippen LogP contribution < -0.4 is 0 Å². The molecule has 0 aromatic carbocycles. The van der Waals surface area contributed by atoms with Gasteiger partial charge < -0.3 is 9.47 Å². The Labute approximate surface area is 123 Å². The molecule has 0 radical (unpaired) electrons. The SMILES string of the molecule is CCOC(=O)c1nc(-c2nccs2)sc1C(=O)OCC. The Morgan fingerprint density at radius 2 is 1.85 bits per heavy atom. The zero-order chi connectivity index (χ0) is 14.5. The summed E-state index contributed by atoms with van der Waals surface area (Å²) in [6.07, 6.45) is 1.63. The molecule has 2 aromatic rings. The van der Waals surface area contributed by atoms with Crippen molar-refractivity contribution in [1.82, 2.24) is 9.97 Å². The Balaban J connectivity index is 2.41. The van der Waals surface area contributed by atoms with Crippen LogP contribution in [0.2, 0.25) is 0 Å². The second-order valence-electron chi connectivity index (χ2n) is 3.47. The van der Waals surface area contributed by atoms with E-state index in [1.54, 1.807) is 25.4 Å². The normalized spacial score (nSPS) is 10.3. The summed E-state index contributed by atoms with van der Waals surface area (Å²) in [4.78, 5) is 32.2. The van der Waals surface area contributed by atoms with Crippen LogP contribution in [0.15, 0.2) is 11.6 Å². The zero-order valence-electron chi connectivity index (χ0n) is 10.9. The molecule has 0 fully saturated rings. The second kappa shape index (κ2) is 6.58. The Hall–Kier alpha value is -1.80. The summed E-state index contributed by atoms with van der Waals surface area (Å²) in [7, 11) is 0. The molecular formula is C12H12N2O4S2. The molecule has 2 rings (SSSR count). The number of hydrogen-bond donors (Lipinski definition) is 0. The van der Waals surface area contributed by atoms with Crippen molar-refractivity contribution in [3.63, 3.8) is 0 Å². The molecule has 8 heteroatoms. The molecule has 106 valence electrons. The number of aromatic nitrogens is 2. The van der Waals surface area contributed by atoms with Gasteiger partial charge in [0.1, 0.15) is 4.88 Å². The maximum Gasteiger partial charge on any atom is 0.358 e. The molecule has 0 bridgehead atoms. The summed E-state index contributed by atoms with van der Waals surface area (Å²) in [6, 6.07) is 0. The van der Waals surface area contributed by atoms with Crippen LogP contribution in [0.3, 0.4) is 0 Å². The van der Waals surface area contributed by atoms with Crippen molar-refractivity contribution >= 4 is 34.6 Å². The van der Waals surface area contributed by atoms with Gasteiger partial charge >= 0.3 is 11.9 Å². The van der Waals surface area contributed by atoms with E-state index >= 15 is 0 Å². The van der Waals surface area contributed by atoms with Gasteiger partial charge in [0.2, 0.25) is 0 Å². The van der Waals surface area contributed by atoms with Gasteiger partial charge in [-0.25, -0.2) is 19.6 Å². The Kier molecular flexibility index (Phi) is 4.80. The minimum absolute atomic E-state index is 0.0134. The Morgan fingerprint density at radius 3 is 2.45 bits per heavy atom. The highest BCUT2D eigenvalue weighted by atomic mass is 32.1. The van der Waals surface area contributed by atoms with E-state index in [4.69, 9.17) is 9.47 Å². The maximum absolute atomic E-state index is 11.9. The van der Waals surface area contributed by atoms with E-state index in [1.807, 2.05) is 0 Å². The van der Waals surface area contributed by atoms with Gasteiger partial charge in [-0.1, -0.05) is 0 Å². The number of ether oxygens (including phenoxy) is 2. The van der Waals surface area contributed by atoms with Crippen LogP contribution in [0.25, 0.3) is 10.0 Å². The highest BCUT2D eigenvalue weighted by Gasteiger charge is 2.26. The lowest BCUT2D eigenvalue weighted by Crippen LogP contribution is -2.12. The molecule has 0 atom stereocenters. The fourth-order valence-electron chi connectivity index (χ4n) is 1.41. The van der Waals surface area contributed by atoms with Gasteiger partial charge in [0, 0.05) is 11.6 Å². The van der Waals surface area contributed by atoms with E-state index in [2.05, 4.69) is 9.97 Å². The van der Waals surface area contributed by atoms with Gasteiger partial charge in [-0.05, 0) is 13.8 Å². The molecule has 0 N–H and O–H groups in total. The fourth-order valence-corrected chi connectivity index (χ4v) is 3.04. The van der Waals surface area contributed by atoms with E-state index in [-0.39, 0.29) is 23.8 Å². The van der Waals surface area contributed by atoms with Gasteiger partial charge in [0.25, 0.3) is 0 Å². The predicted molar refractivity (Wildman–Crippen MR) is 75.1 cm³/mol. The summed E-state index contributed by atoms with van der Waals surface area (Å²) >= 11 is 2.46. The van der Waals surface area contributed by atoms with Crippen LogP contribution in [0.5, 0.6) is 0 Å². The third-order valence-corrected chi connectivity index (χ3v) is 4.12. The van der Waals surface area contributed by atoms with Crippen molar-refractivity contribution in [2.24, 2.45) is 0 Å². The zero-order valence-corrected chi connectivity index (χ0v) is 12.5. The van der Waals surface area contributed by atoms with E-state index in [9.17, 15) is 9.59 Å². The fraction of sp³-hybridized carbons (Fsp3) is 0.333. The van der Waals surface area contributed by atoms with Crippen molar-refractivity contribution in [3.8, 4) is 10.0 Å². The first-order chi connectivity index (χ1) is 9.67. The van der Waals surface area contributed by atoms with Gasteiger partial charge in [-0.3, -0.25) is 0 Å². The molecule has 2 aromatic heterocycles. The van der Waals surface area contributed by atoms with Crippen molar-refractivity contribution in [3.05, 3.63) is 22.1 Å². The molecule has 6 nitrogen and oxygen atoms in total. The number of rotatable bonds is 5. The van der Waals surface area contributed by atoms with Crippen molar-refractivity contribution < 1.29 is 19.1 Å². The lowest BCUT2D eigenvalue weighted by Gasteiger charge is -2.01. The molecule has 20 heavy (non-hydrogen) atoms. The van der Waals surface area contributed by atoms with Crippen LogP contribution in [-0.4, -0.2) is 35.1 Å². The number of carbonyl (C=O) groups is 2. The predicted octanol–water partition coefficient (Wildman–Crippen LogP) is 2.62. The third-order valence-electron chi connectivity index (χ3n) is 2.17. The Bertz CT molecular complexity index is 572. The molecule has 0 unspecified atom stereocenters. The van der Waals surface area contributed by atoms with Crippen LogP contribution in [0, 0.1) is 0 Å². The average Bonchev–Trinajstić information content (AvgIpc) is 3.08. The summed E-state index contributed by atoms with van der Waals surface area (Å²) < 4.78 is 9.84. The van der Waals surface area contributed by atoms with E-state index in [0.717, 1.165) is 11.3 Å². The van der Waals surface area contributed by atoms with Gasteiger partial charge in [-0.2, -0.15) is 0 Å². The first-order valence-corrected chi connectivity index (χ1v) is 7.61. The lowest BCUT2D eigenvalue weighted by molar-refractivity contribution is 0.0479. The van der Waals surface area contributed by atoms with Gasteiger partial charge in [0.15, 0.2) is 15.7 Å². The third kappa shape index (κ3) is 3.02. The summed E-state index contributed by atoms with van der Waals surface area (Å²) in [5.41, 5.74) is -0.0134. The Morgan fingerprint density at radius 1 is 1.15 bits per heavy atom. The quantitative estimate of drug-likeness (QED) is 0.790. The smallest absolute Gasteiger partial charge is 0.358 e. The van der Waals surface area contributed by atoms with Crippen LogP contribution >= 0.6 is 22.7 Å². The van der Waals surface area contributed by atoms with Gasteiger partial charge in [0.05, 0.1) is 13.2 Å². The monoisotopic (exact) mass is 312 g/mol. The molecule has 0 saturated heterocycles. The van der Waals surface area contributed by atoms with Crippen LogP contribution in [-0.2, 0) is 9.47 Å². The molecule has 0 saturated carbocycles. The minimum Gasteiger partial charge on any atom is -0.462 e. The highest BCUT2D eigenvalue weighted by Crippen LogP contribution is 2.30. The molecule has 0 spiro atoms. The van der Waals surface area contributed by atoms with Crippen molar-refractivity contribution in [2.45, 2.75) is 13.8 Å². The first-order valence-electron chi connectivity index (χ1n) is 5.92. The number of thiazole rings is 2. The van der Waals surface area contributed by atoms with Crippen molar-refractivity contribution in [1.29, 1.82) is 0 Å². The van der Waals surface area contributed by atoms with Crippen LogP contribution in [0.1, 0.15) is 34.0 Å². The number of esters is 2. The van der Waals surface area contributed by atoms with E-state index < -0.39 is 11.9 Å². The summed E-state index contributed by atoms with van der Waals surface area (Å²) in [5.74, 6) is -1.20. The maximum atomic E-state index is 11.9. The van der Waals surface area contributed by atoms with E-state index in [1.165, 1.54) is 11.3 Å². The molecular weight excluding hydrogens is 300 g/mol. The topological polar surface area (TPSA) is 78.4 Å². The average molecular weight is 312 g/mol. The second-order valence-corrected chi connectivity index (χ2v) is 5.37. The first kappa shape index (κ1) is 14.6. The number of nitrogens with zero attached hydrogens (tertiary/aromatic N) is 2. The van der Waals surface area contributed by atoms with Crippen molar-refractivity contribution in [2.75, 3.05) is 13.2 Å². The molecule has 0 amide bonds.